The molecule has 0 unspecified atom stereocenters. The summed E-state index contributed by atoms with van der Waals surface area (Å²) >= 11 is 0. The normalized spacial score (nSPS) is 10.6. The van der Waals surface area contributed by atoms with E-state index in [9.17, 15) is 9.59 Å². The Labute approximate surface area is 178 Å². The summed E-state index contributed by atoms with van der Waals surface area (Å²) in [6.07, 6.45) is 6.67. The molecule has 0 aliphatic carbocycles. The van der Waals surface area contributed by atoms with Gasteiger partial charge in [-0.15, -0.1) is 0 Å². The number of benzene rings is 2. The number of hydrogen-bond acceptors (Lipinski definition) is 4. The van der Waals surface area contributed by atoms with Gasteiger partial charge in [-0.2, -0.15) is 0 Å². The van der Waals surface area contributed by atoms with Crippen LogP contribution in [0.5, 0.6) is 5.75 Å². The number of carbonyl (C=O) groups excluding carboxylic acids is 2. The minimum Gasteiger partial charge on any atom is -0.462 e. The van der Waals surface area contributed by atoms with Crippen LogP contribution in [0.2, 0.25) is 0 Å². The highest BCUT2D eigenvalue weighted by molar-refractivity contribution is 5.89. The molecule has 0 fully saturated rings. The van der Waals surface area contributed by atoms with E-state index in [0.717, 1.165) is 30.4 Å². The molecule has 0 heterocycles. The van der Waals surface area contributed by atoms with Gasteiger partial charge in [0.1, 0.15) is 5.75 Å². The number of ether oxygens (including phenoxy) is 2. The zero-order valence-corrected chi connectivity index (χ0v) is 17.6. The second-order valence-electron chi connectivity index (χ2n) is 7.19. The lowest BCUT2D eigenvalue weighted by molar-refractivity contribution is -0.139. The first kappa shape index (κ1) is 22.9. The summed E-state index contributed by atoms with van der Waals surface area (Å²) < 4.78 is 10.4. The van der Waals surface area contributed by atoms with Crippen LogP contribution in [-0.4, -0.2) is 18.5 Å². The Morgan fingerprint density at radius 2 is 1.50 bits per heavy atom. The number of hydrogen-bond donors (Lipinski definition) is 0. The minimum atomic E-state index is -0.432. The van der Waals surface area contributed by atoms with Crippen molar-refractivity contribution in [3.05, 3.63) is 89.5 Å². The zero-order chi connectivity index (χ0) is 21.9. The molecule has 0 aliphatic rings. The van der Waals surface area contributed by atoms with E-state index in [1.165, 1.54) is 5.56 Å². The van der Waals surface area contributed by atoms with E-state index in [-0.39, 0.29) is 5.97 Å². The van der Waals surface area contributed by atoms with E-state index in [2.05, 4.69) is 25.3 Å². The molecular formula is C26H28O4. The van der Waals surface area contributed by atoms with Crippen LogP contribution in [0.4, 0.5) is 0 Å². The maximum Gasteiger partial charge on any atom is 0.338 e. The summed E-state index contributed by atoms with van der Waals surface area (Å²) in [5.41, 5.74) is 4.04. The third-order valence-electron chi connectivity index (χ3n) is 4.28. The van der Waals surface area contributed by atoms with Gasteiger partial charge in [0.15, 0.2) is 0 Å². The second-order valence-corrected chi connectivity index (χ2v) is 7.19. The zero-order valence-electron chi connectivity index (χ0n) is 17.6. The van der Waals surface area contributed by atoms with E-state index in [0.29, 0.717) is 23.5 Å². The quantitative estimate of drug-likeness (QED) is 0.166. The van der Waals surface area contributed by atoms with Gasteiger partial charge < -0.3 is 9.47 Å². The molecule has 30 heavy (non-hydrogen) atoms. The van der Waals surface area contributed by atoms with E-state index >= 15 is 0 Å². The van der Waals surface area contributed by atoms with E-state index in [1.807, 2.05) is 42.5 Å². The SMILES string of the molecule is C=C(C)C(=O)OCCCCc1cccc(/C=C\c2cccc(OC(=O)C(=C)C)c2)c1. The van der Waals surface area contributed by atoms with Crippen molar-refractivity contribution in [3.63, 3.8) is 0 Å². The molecule has 0 spiro atoms. The summed E-state index contributed by atoms with van der Waals surface area (Å²) in [6.45, 7) is 10.8. The van der Waals surface area contributed by atoms with Crippen molar-refractivity contribution in [2.24, 2.45) is 0 Å². The van der Waals surface area contributed by atoms with Crippen LogP contribution in [0.25, 0.3) is 12.2 Å². The van der Waals surface area contributed by atoms with Crippen molar-refractivity contribution in [1.29, 1.82) is 0 Å². The maximum absolute atomic E-state index is 11.7. The van der Waals surface area contributed by atoms with Crippen molar-refractivity contribution >= 4 is 24.1 Å². The molecule has 0 saturated carbocycles. The minimum absolute atomic E-state index is 0.333. The van der Waals surface area contributed by atoms with Crippen LogP contribution in [0.1, 0.15) is 43.4 Å². The van der Waals surface area contributed by atoms with Crippen LogP contribution in [-0.2, 0) is 20.7 Å². The van der Waals surface area contributed by atoms with Crippen molar-refractivity contribution in [2.75, 3.05) is 6.61 Å². The van der Waals surface area contributed by atoms with Gasteiger partial charge in [-0.3, -0.25) is 0 Å². The lowest BCUT2D eigenvalue weighted by Crippen LogP contribution is -2.08. The van der Waals surface area contributed by atoms with E-state index < -0.39 is 5.97 Å². The summed E-state index contributed by atoms with van der Waals surface area (Å²) in [7, 11) is 0. The Morgan fingerprint density at radius 1 is 0.867 bits per heavy atom. The molecule has 0 radical (unpaired) electrons. The topological polar surface area (TPSA) is 52.6 Å². The predicted molar refractivity (Wildman–Crippen MR) is 121 cm³/mol. The Bertz CT molecular complexity index is 953. The van der Waals surface area contributed by atoms with Crippen LogP contribution < -0.4 is 4.74 Å². The van der Waals surface area contributed by atoms with Gasteiger partial charge in [-0.05, 0) is 61.9 Å². The monoisotopic (exact) mass is 404 g/mol. The van der Waals surface area contributed by atoms with Crippen molar-refractivity contribution < 1.29 is 19.1 Å². The number of carbonyl (C=O) groups is 2. The van der Waals surface area contributed by atoms with Gasteiger partial charge in [0.2, 0.25) is 0 Å². The van der Waals surface area contributed by atoms with Crippen LogP contribution in [0, 0.1) is 0 Å². The lowest BCUT2D eigenvalue weighted by Gasteiger charge is -2.06. The number of rotatable bonds is 10. The fourth-order valence-electron chi connectivity index (χ4n) is 2.64. The summed E-state index contributed by atoms with van der Waals surface area (Å²) in [6, 6.07) is 15.7. The maximum atomic E-state index is 11.7. The molecule has 2 rings (SSSR count). The van der Waals surface area contributed by atoms with E-state index in [1.54, 1.807) is 19.9 Å². The van der Waals surface area contributed by atoms with Crippen LogP contribution in [0.3, 0.4) is 0 Å². The van der Waals surface area contributed by atoms with Crippen LogP contribution >= 0.6 is 0 Å². The van der Waals surface area contributed by atoms with Crippen molar-refractivity contribution in [3.8, 4) is 5.75 Å². The highest BCUT2D eigenvalue weighted by Gasteiger charge is 2.05. The molecule has 4 nitrogen and oxygen atoms in total. The molecule has 0 aromatic heterocycles. The van der Waals surface area contributed by atoms with Gasteiger partial charge in [0.25, 0.3) is 0 Å². The number of aryl methyl sites for hydroxylation is 1. The van der Waals surface area contributed by atoms with E-state index in [4.69, 9.17) is 9.47 Å². The summed E-state index contributed by atoms with van der Waals surface area (Å²) in [5, 5.41) is 0. The highest BCUT2D eigenvalue weighted by atomic mass is 16.5. The fourth-order valence-corrected chi connectivity index (χ4v) is 2.64. The first-order valence-corrected chi connectivity index (χ1v) is 9.92. The van der Waals surface area contributed by atoms with Gasteiger partial charge in [-0.1, -0.05) is 61.7 Å². The third-order valence-corrected chi connectivity index (χ3v) is 4.28. The molecule has 0 amide bonds. The largest absolute Gasteiger partial charge is 0.462 e. The van der Waals surface area contributed by atoms with Crippen molar-refractivity contribution in [2.45, 2.75) is 33.1 Å². The first-order valence-electron chi connectivity index (χ1n) is 9.92. The average Bonchev–Trinajstić information content (AvgIpc) is 2.72. The average molecular weight is 405 g/mol. The standard InChI is InChI=1S/C26H28O4/c1-19(2)25(27)29-16-6-5-9-21-10-7-11-22(17-21)14-15-23-12-8-13-24(18-23)30-26(28)20(3)4/h7-8,10-15,17-18H,1,3,5-6,9,16H2,2,4H3/b15-14-. The van der Waals surface area contributed by atoms with Crippen molar-refractivity contribution in [1.82, 2.24) is 0 Å². The molecule has 2 aromatic rings. The molecule has 4 heteroatoms. The Kier molecular flexibility index (Phi) is 8.82. The highest BCUT2D eigenvalue weighted by Crippen LogP contribution is 2.18. The van der Waals surface area contributed by atoms with Crippen LogP contribution in [0.15, 0.2) is 72.8 Å². The van der Waals surface area contributed by atoms with Gasteiger partial charge in [-0.25, -0.2) is 9.59 Å². The molecule has 0 N–H and O–H groups in total. The Balaban J connectivity index is 1.89. The Hall–Kier alpha value is -3.40. The second kappa shape index (κ2) is 11.6. The lowest BCUT2D eigenvalue weighted by atomic mass is 10.0. The molecule has 0 saturated heterocycles. The summed E-state index contributed by atoms with van der Waals surface area (Å²) in [4.78, 5) is 23.0. The first-order chi connectivity index (χ1) is 14.3. The van der Waals surface area contributed by atoms with Gasteiger partial charge in [0, 0.05) is 11.1 Å². The number of unbranched alkanes of at least 4 members (excludes halogenated alkanes) is 1. The van der Waals surface area contributed by atoms with Gasteiger partial charge >= 0.3 is 11.9 Å². The smallest absolute Gasteiger partial charge is 0.338 e. The molecule has 0 atom stereocenters. The third kappa shape index (κ3) is 7.92. The Morgan fingerprint density at radius 3 is 2.17 bits per heavy atom. The molecule has 2 aromatic carbocycles. The fraction of sp³-hybridized carbons (Fsp3) is 0.231. The molecule has 156 valence electrons. The predicted octanol–water partition coefficient (Wildman–Crippen LogP) is 5.78. The van der Waals surface area contributed by atoms with Gasteiger partial charge in [0.05, 0.1) is 6.61 Å². The summed E-state index contributed by atoms with van der Waals surface area (Å²) in [5.74, 6) is -0.273. The molecule has 0 aliphatic heterocycles. The molecular weight excluding hydrogens is 376 g/mol. The molecule has 0 bridgehead atoms. The number of esters is 2.